The standard InChI is InChI=1S/C14H9F2N3O2S/c1-6-5-22-14(18-6)19-13(21)8-4-17-10-3-7(15)2-9(16)11(10)12(8)20/h2-5H,1H3,(H,17,20)(H,18,19,21). The van der Waals surface area contributed by atoms with Crippen LogP contribution in [0.15, 0.2) is 28.5 Å². The second-order valence-electron chi connectivity index (χ2n) is 4.59. The number of halogens is 2. The van der Waals surface area contributed by atoms with Crippen LogP contribution in [0.25, 0.3) is 10.9 Å². The number of anilines is 1. The lowest BCUT2D eigenvalue weighted by Crippen LogP contribution is -2.22. The minimum absolute atomic E-state index is 0.0101. The van der Waals surface area contributed by atoms with Gasteiger partial charge in [-0.2, -0.15) is 0 Å². The molecular formula is C14H9F2N3O2S. The summed E-state index contributed by atoms with van der Waals surface area (Å²) in [5.74, 6) is -2.53. The molecule has 8 heteroatoms. The molecule has 0 spiro atoms. The van der Waals surface area contributed by atoms with Gasteiger partial charge in [0.25, 0.3) is 5.91 Å². The summed E-state index contributed by atoms with van der Waals surface area (Å²) >= 11 is 1.21. The van der Waals surface area contributed by atoms with Gasteiger partial charge >= 0.3 is 0 Å². The fraction of sp³-hybridized carbons (Fsp3) is 0.0714. The predicted molar refractivity (Wildman–Crippen MR) is 79.3 cm³/mol. The normalized spacial score (nSPS) is 10.9. The fourth-order valence-electron chi connectivity index (χ4n) is 2.01. The monoisotopic (exact) mass is 321 g/mol. The minimum Gasteiger partial charge on any atom is -0.360 e. The molecule has 0 fully saturated rings. The molecule has 1 amide bonds. The number of carbonyl (C=O) groups is 1. The Morgan fingerprint density at radius 2 is 2.14 bits per heavy atom. The smallest absolute Gasteiger partial charge is 0.262 e. The summed E-state index contributed by atoms with van der Waals surface area (Å²) in [4.78, 5) is 30.9. The van der Waals surface area contributed by atoms with Crippen LogP contribution in [0.5, 0.6) is 0 Å². The molecule has 5 nitrogen and oxygen atoms in total. The number of aromatic nitrogens is 2. The Balaban J connectivity index is 2.06. The number of H-pyrrole nitrogens is 1. The fourth-order valence-corrected chi connectivity index (χ4v) is 2.70. The van der Waals surface area contributed by atoms with Crippen LogP contribution < -0.4 is 10.7 Å². The first-order valence-electron chi connectivity index (χ1n) is 6.19. The second-order valence-corrected chi connectivity index (χ2v) is 5.45. The highest BCUT2D eigenvalue weighted by atomic mass is 32.1. The molecule has 0 aliphatic carbocycles. The van der Waals surface area contributed by atoms with Crippen molar-refractivity contribution < 1.29 is 13.6 Å². The van der Waals surface area contributed by atoms with Crippen LogP contribution >= 0.6 is 11.3 Å². The topological polar surface area (TPSA) is 74.8 Å². The first kappa shape index (κ1) is 14.3. The lowest BCUT2D eigenvalue weighted by Gasteiger charge is -2.04. The molecule has 0 atom stereocenters. The summed E-state index contributed by atoms with van der Waals surface area (Å²) < 4.78 is 26.9. The zero-order chi connectivity index (χ0) is 15.9. The molecule has 0 saturated carbocycles. The van der Waals surface area contributed by atoms with Crippen LogP contribution in [0.1, 0.15) is 16.1 Å². The number of thiazole rings is 1. The Labute approximate surface area is 126 Å². The highest BCUT2D eigenvalue weighted by molar-refractivity contribution is 7.13. The first-order chi connectivity index (χ1) is 10.5. The minimum atomic E-state index is -1.02. The molecule has 112 valence electrons. The number of nitrogens with zero attached hydrogens (tertiary/aromatic N) is 1. The number of hydrogen-bond donors (Lipinski definition) is 2. The molecule has 3 aromatic rings. The lowest BCUT2D eigenvalue weighted by atomic mass is 10.1. The van der Waals surface area contributed by atoms with Gasteiger partial charge < -0.3 is 4.98 Å². The largest absolute Gasteiger partial charge is 0.360 e. The molecule has 0 unspecified atom stereocenters. The number of carbonyl (C=O) groups excluding carboxylic acids is 1. The van der Waals surface area contributed by atoms with Crippen molar-refractivity contribution in [1.82, 2.24) is 9.97 Å². The average molecular weight is 321 g/mol. The van der Waals surface area contributed by atoms with Gasteiger partial charge in [-0.15, -0.1) is 11.3 Å². The van der Waals surface area contributed by atoms with Crippen molar-refractivity contribution in [2.75, 3.05) is 5.32 Å². The van der Waals surface area contributed by atoms with Gasteiger partial charge in [-0.25, -0.2) is 13.8 Å². The van der Waals surface area contributed by atoms with E-state index in [1.165, 1.54) is 11.3 Å². The van der Waals surface area contributed by atoms with Crippen molar-refractivity contribution in [1.29, 1.82) is 0 Å². The van der Waals surface area contributed by atoms with Crippen LogP contribution in [0.3, 0.4) is 0 Å². The molecular weight excluding hydrogens is 312 g/mol. The first-order valence-corrected chi connectivity index (χ1v) is 7.07. The zero-order valence-electron chi connectivity index (χ0n) is 11.2. The number of benzene rings is 1. The van der Waals surface area contributed by atoms with E-state index in [1.807, 2.05) is 0 Å². The zero-order valence-corrected chi connectivity index (χ0v) is 12.1. The average Bonchev–Trinajstić information content (AvgIpc) is 2.83. The quantitative estimate of drug-likeness (QED) is 0.762. The van der Waals surface area contributed by atoms with Crippen LogP contribution in [-0.4, -0.2) is 15.9 Å². The molecule has 0 saturated heterocycles. The third-order valence-electron chi connectivity index (χ3n) is 2.98. The van der Waals surface area contributed by atoms with E-state index in [2.05, 4.69) is 15.3 Å². The number of hydrogen-bond acceptors (Lipinski definition) is 4. The van der Waals surface area contributed by atoms with Crippen molar-refractivity contribution in [3.8, 4) is 0 Å². The van der Waals surface area contributed by atoms with Gasteiger partial charge in [-0.05, 0) is 13.0 Å². The number of amides is 1. The van der Waals surface area contributed by atoms with Crippen molar-refractivity contribution in [2.24, 2.45) is 0 Å². The Kier molecular flexibility index (Phi) is 3.45. The summed E-state index contributed by atoms with van der Waals surface area (Å²) in [6, 6.07) is 1.59. The van der Waals surface area contributed by atoms with Gasteiger partial charge in [-0.3, -0.25) is 14.9 Å². The van der Waals surface area contributed by atoms with Crippen LogP contribution in [0.4, 0.5) is 13.9 Å². The van der Waals surface area contributed by atoms with E-state index >= 15 is 0 Å². The van der Waals surface area contributed by atoms with E-state index in [1.54, 1.807) is 12.3 Å². The summed E-state index contributed by atoms with van der Waals surface area (Å²) in [6.07, 6.45) is 1.12. The van der Waals surface area contributed by atoms with E-state index in [0.717, 1.165) is 18.0 Å². The third-order valence-corrected chi connectivity index (χ3v) is 3.86. The molecule has 0 radical (unpaired) electrons. The van der Waals surface area contributed by atoms with E-state index in [4.69, 9.17) is 0 Å². The van der Waals surface area contributed by atoms with Crippen LogP contribution in [-0.2, 0) is 0 Å². The molecule has 0 aliphatic heterocycles. The van der Waals surface area contributed by atoms with Gasteiger partial charge in [0.2, 0.25) is 5.43 Å². The summed E-state index contributed by atoms with van der Waals surface area (Å²) in [5.41, 5.74) is -0.360. The van der Waals surface area contributed by atoms with Crippen LogP contribution in [0, 0.1) is 18.6 Å². The SMILES string of the molecule is Cc1csc(NC(=O)c2c[nH]c3cc(F)cc(F)c3c2=O)n1. The van der Waals surface area contributed by atoms with E-state index in [0.29, 0.717) is 11.2 Å². The Bertz CT molecular complexity index is 949. The summed E-state index contributed by atoms with van der Waals surface area (Å²) in [5, 5.41) is 4.18. The molecule has 22 heavy (non-hydrogen) atoms. The number of rotatable bonds is 2. The predicted octanol–water partition coefficient (Wildman–Crippen LogP) is 2.82. The van der Waals surface area contributed by atoms with Gasteiger partial charge in [0, 0.05) is 17.6 Å². The maximum absolute atomic E-state index is 13.8. The van der Waals surface area contributed by atoms with Crippen molar-refractivity contribution in [3.63, 3.8) is 0 Å². The number of nitrogens with one attached hydrogen (secondary N) is 2. The van der Waals surface area contributed by atoms with Crippen molar-refractivity contribution >= 4 is 33.3 Å². The van der Waals surface area contributed by atoms with Gasteiger partial charge in [0.15, 0.2) is 5.13 Å². The third kappa shape index (κ3) is 2.48. The highest BCUT2D eigenvalue weighted by Crippen LogP contribution is 2.17. The molecule has 2 N–H and O–H groups in total. The number of aromatic amines is 1. The maximum Gasteiger partial charge on any atom is 0.262 e. The maximum atomic E-state index is 13.8. The van der Waals surface area contributed by atoms with E-state index in [9.17, 15) is 18.4 Å². The number of aryl methyl sites for hydroxylation is 1. The van der Waals surface area contributed by atoms with Gasteiger partial charge in [0.1, 0.15) is 17.2 Å². The lowest BCUT2D eigenvalue weighted by molar-refractivity contribution is 0.102. The molecule has 1 aromatic carbocycles. The molecule has 0 aliphatic rings. The molecule has 2 heterocycles. The van der Waals surface area contributed by atoms with Crippen molar-refractivity contribution in [2.45, 2.75) is 6.92 Å². The highest BCUT2D eigenvalue weighted by Gasteiger charge is 2.17. The van der Waals surface area contributed by atoms with E-state index in [-0.39, 0.29) is 16.5 Å². The Morgan fingerprint density at radius 1 is 1.36 bits per heavy atom. The van der Waals surface area contributed by atoms with Crippen molar-refractivity contribution in [3.05, 3.63) is 56.8 Å². The summed E-state index contributed by atoms with van der Waals surface area (Å²) in [6.45, 7) is 1.76. The van der Waals surface area contributed by atoms with Crippen LogP contribution in [0.2, 0.25) is 0 Å². The van der Waals surface area contributed by atoms with Gasteiger partial charge in [-0.1, -0.05) is 0 Å². The Hall–Kier alpha value is -2.61. The van der Waals surface area contributed by atoms with Gasteiger partial charge in [0.05, 0.1) is 16.6 Å². The molecule has 2 aromatic heterocycles. The molecule has 0 bridgehead atoms. The molecule has 3 rings (SSSR count). The number of pyridine rings is 1. The Morgan fingerprint density at radius 3 is 2.82 bits per heavy atom. The summed E-state index contributed by atoms with van der Waals surface area (Å²) in [7, 11) is 0. The van der Waals surface area contributed by atoms with E-state index < -0.39 is 23.0 Å². The number of fused-ring (bicyclic) bond motifs is 1. The second kappa shape index (κ2) is 5.30.